The molecule has 9 heteroatoms. The van der Waals surface area contributed by atoms with Gasteiger partial charge in [-0.2, -0.15) is 0 Å². The van der Waals surface area contributed by atoms with Crippen molar-refractivity contribution in [3.63, 3.8) is 0 Å². The number of aromatic nitrogens is 3. The van der Waals surface area contributed by atoms with Crippen molar-refractivity contribution in [2.45, 2.75) is 32.0 Å². The lowest BCUT2D eigenvalue weighted by molar-refractivity contribution is -0.116. The molecule has 0 aliphatic rings. The summed E-state index contributed by atoms with van der Waals surface area (Å²) in [6.45, 7) is 4.44. The molecule has 0 aliphatic carbocycles. The maximum absolute atomic E-state index is 12.3. The minimum absolute atomic E-state index is 0.102. The summed E-state index contributed by atoms with van der Waals surface area (Å²) in [5.74, 6) is 0.377. The number of carbonyl (C=O) groups excluding carboxylic acids is 2. The molecule has 1 aromatic heterocycles. The fraction of sp³-hybridized carbons (Fsp3) is 0.238. The van der Waals surface area contributed by atoms with E-state index in [0.29, 0.717) is 28.2 Å². The van der Waals surface area contributed by atoms with Gasteiger partial charge >= 0.3 is 0 Å². The Labute approximate surface area is 184 Å². The normalized spacial score (nSPS) is 10.6. The third kappa shape index (κ3) is 5.84. The van der Waals surface area contributed by atoms with Gasteiger partial charge in [0, 0.05) is 22.9 Å². The first-order chi connectivity index (χ1) is 14.5. The lowest BCUT2D eigenvalue weighted by Crippen LogP contribution is -2.18. The van der Waals surface area contributed by atoms with Crippen LogP contribution in [0, 0.1) is 6.92 Å². The predicted octanol–water partition coefficient (Wildman–Crippen LogP) is 4.17. The van der Waals surface area contributed by atoms with Crippen molar-refractivity contribution in [2.24, 2.45) is 0 Å². The van der Waals surface area contributed by atoms with E-state index in [0.717, 1.165) is 11.3 Å². The zero-order valence-electron chi connectivity index (χ0n) is 16.7. The number of hydrogen-bond donors (Lipinski definition) is 2. The van der Waals surface area contributed by atoms with Crippen molar-refractivity contribution < 1.29 is 9.59 Å². The van der Waals surface area contributed by atoms with Crippen LogP contribution in [0.15, 0.2) is 53.7 Å². The Kier molecular flexibility index (Phi) is 7.48. The molecule has 0 atom stereocenters. The number of nitrogens with zero attached hydrogens (tertiary/aromatic N) is 3. The van der Waals surface area contributed by atoms with Crippen LogP contribution >= 0.6 is 23.4 Å². The smallest absolute Gasteiger partial charge is 0.234 e. The van der Waals surface area contributed by atoms with Gasteiger partial charge < -0.3 is 15.2 Å². The summed E-state index contributed by atoms with van der Waals surface area (Å²) < 4.78 is 1.84. The highest BCUT2D eigenvalue weighted by molar-refractivity contribution is 7.99. The number of aryl methyl sites for hydroxylation is 1. The third-order valence-electron chi connectivity index (χ3n) is 4.27. The summed E-state index contributed by atoms with van der Waals surface area (Å²) in [6.07, 6.45) is 0.102. The highest BCUT2D eigenvalue weighted by Crippen LogP contribution is 2.21. The molecular formula is C21H22ClN5O2S. The minimum atomic E-state index is -0.172. The van der Waals surface area contributed by atoms with Gasteiger partial charge in [-0.25, -0.2) is 0 Å². The average Bonchev–Trinajstić information content (AvgIpc) is 3.11. The van der Waals surface area contributed by atoms with Crippen LogP contribution in [0.4, 0.5) is 11.4 Å². The number of amides is 2. The van der Waals surface area contributed by atoms with Crippen molar-refractivity contribution in [3.8, 4) is 0 Å². The van der Waals surface area contributed by atoms with Gasteiger partial charge in [0.15, 0.2) is 5.16 Å². The van der Waals surface area contributed by atoms with Crippen LogP contribution in [0.25, 0.3) is 0 Å². The van der Waals surface area contributed by atoms with Crippen LogP contribution in [0.5, 0.6) is 0 Å². The maximum atomic E-state index is 12.3. The van der Waals surface area contributed by atoms with Crippen LogP contribution < -0.4 is 10.6 Å². The van der Waals surface area contributed by atoms with Crippen LogP contribution in [-0.2, 0) is 22.6 Å². The molecule has 156 valence electrons. The van der Waals surface area contributed by atoms with Gasteiger partial charge in [-0.3, -0.25) is 9.59 Å². The molecular weight excluding hydrogens is 422 g/mol. The van der Waals surface area contributed by atoms with E-state index in [-0.39, 0.29) is 24.0 Å². The summed E-state index contributed by atoms with van der Waals surface area (Å²) in [6, 6.07) is 14.6. The fourth-order valence-corrected chi connectivity index (χ4v) is 3.74. The van der Waals surface area contributed by atoms with E-state index in [1.165, 1.54) is 11.8 Å². The number of benzene rings is 2. The second-order valence-corrected chi connectivity index (χ2v) is 7.88. The van der Waals surface area contributed by atoms with Crippen molar-refractivity contribution in [2.75, 3.05) is 16.4 Å². The molecule has 2 aromatic carbocycles. The number of anilines is 2. The van der Waals surface area contributed by atoms with Gasteiger partial charge in [-0.15, -0.1) is 10.2 Å². The summed E-state index contributed by atoms with van der Waals surface area (Å²) in [4.78, 5) is 24.6. The Morgan fingerprint density at radius 1 is 1.03 bits per heavy atom. The van der Waals surface area contributed by atoms with Gasteiger partial charge in [0.1, 0.15) is 5.82 Å². The average molecular weight is 444 g/mol. The Balaban J connectivity index is 1.57. The third-order valence-corrected chi connectivity index (χ3v) is 5.65. The summed E-state index contributed by atoms with van der Waals surface area (Å²) in [7, 11) is 0. The molecule has 2 amide bonds. The standard InChI is InChI=1S/C21H22ClN5O2S/c1-3-27-18(12-19(28)23-15-7-5-4-6-8-15)25-26-21(27)30-13-20(29)24-16-10-9-14(2)17(22)11-16/h4-11H,3,12-13H2,1-2H3,(H,23,28)(H,24,29). The predicted molar refractivity (Wildman–Crippen MR) is 120 cm³/mol. The second kappa shape index (κ2) is 10.3. The number of hydrogen-bond acceptors (Lipinski definition) is 5. The summed E-state index contributed by atoms with van der Waals surface area (Å²) in [5, 5.41) is 15.1. The van der Waals surface area contributed by atoms with E-state index in [4.69, 9.17) is 11.6 Å². The molecule has 0 fully saturated rings. The van der Waals surface area contributed by atoms with E-state index in [2.05, 4.69) is 20.8 Å². The number of carbonyl (C=O) groups is 2. The monoisotopic (exact) mass is 443 g/mol. The lowest BCUT2D eigenvalue weighted by atomic mass is 10.2. The first-order valence-electron chi connectivity index (χ1n) is 9.42. The Morgan fingerprint density at radius 3 is 2.47 bits per heavy atom. The molecule has 0 saturated heterocycles. The van der Waals surface area contributed by atoms with E-state index in [1.807, 2.05) is 60.9 Å². The molecule has 3 aromatic rings. The Bertz CT molecular complexity index is 1040. The van der Waals surface area contributed by atoms with Gasteiger partial charge in [-0.1, -0.05) is 47.6 Å². The zero-order chi connectivity index (χ0) is 21.5. The summed E-state index contributed by atoms with van der Waals surface area (Å²) in [5.41, 5.74) is 2.32. The molecule has 30 heavy (non-hydrogen) atoms. The number of thioether (sulfide) groups is 1. The summed E-state index contributed by atoms with van der Waals surface area (Å²) >= 11 is 7.37. The van der Waals surface area contributed by atoms with E-state index in [9.17, 15) is 9.59 Å². The molecule has 0 radical (unpaired) electrons. The molecule has 0 bridgehead atoms. The first kappa shape index (κ1) is 21.9. The van der Waals surface area contributed by atoms with Crippen LogP contribution in [0.1, 0.15) is 18.3 Å². The van der Waals surface area contributed by atoms with Crippen LogP contribution in [-0.4, -0.2) is 32.3 Å². The lowest BCUT2D eigenvalue weighted by Gasteiger charge is -2.09. The number of para-hydroxylation sites is 1. The van der Waals surface area contributed by atoms with Gasteiger partial charge in [0.2, 0.25) is 11.8 Å². The molecule has 3 rings (SSSR count). The van der Waals surface area contributed by atoms with Crippen molar-refractivity contribution in [1.29, 1.82) is 0 Å². The zero-order valence-corrected chi connectivity index (χ0v) is 18.3. The molecule has 1 heterocycles. The molecule has 0 unspecified atom stereocenters. The fourth-order valence-electron chi connectivity index (χ4n) is 2.74. The van der Waals surface area contributed by atoms with Crippen molar-refractivity contribution >= 4 is 46.6 Å². The minimum Gasteiger partial charge on any atom is -0.326 e. The maximum Gasteiger partial charge on any atom is 0.234 e. The second-order valence-electron chi connectivity index (χ2n) is 6.53. The van der Waals surface area contributed by atoms with Gasteiger partial charge in [-0.05, 0) is 43.7 Å². The van der Waals surface area contributed by atoms with E-state index >= 15 is 0 Å². The van der Waals surface area contributed by atoms with Crippen molar-refractivity contribution in [1.82, 2.24) is 14.8 Å². The largest absolute Gasteiger partial charge is 0.326 e. The SMILES string of the molecule is CCn1c(CC(=O)Nc2ccccc2)nnc1SCC(=O)Nc1ccc(C)c(Cl)c1. The van der Waals surface area contributed by atoms with E-state index < -0.39 is 0 Å². The molecule has 7 nitrogen and oxygen atoms in total. The Morgan fingerprint density at radius 2 is 1.77 bits per heavy atom. The van der Waals surface area contributed by atoms with Crippen LogP contribution in [0.2, 0.25) is 5.02 Å². The number of rotatable bonds is 8. The van der Waals surface area contributed by atoms with Crippen LogP contribution in [0.3, 0.4) is 0 Å². The highest BCUT2D eigenvalue weighted by atomic mass is 35.5. The quantitative estimate of drug-likeness (QED) is 0.510. The molecule has 2 N–H and O–H groups in total. The van der Waals surface area contributed by atoms with Gasteiger partial charge in [0.25, 0.3) is 0 Å². The highest BCUT2D eigenvalue weighted by Gasteiger charge is 2.16. The van der Waals surface area contributed by atoms with Gasteiger partial charge in [0.05, 0.1) is 12.2 Å². The van der Waals surface area contributed by atoms with E-state index in [1.54, 1.807) is 6.07 Å². The Hall–Kier alpha value is -2.84. The first-order valence-corrected chi connectivity index (χ1v) is 10.8. The van der Waals surface area contributed by atoms with Crippen molar-refractivity contribution in [3.05, 3.63) is 64.9 Å². The topological polar surface area (TPSA) is 88.9 Å². The molecule has 0 aliphatic heterocycles. The number of nitrogens with one attached hydrogen (secondary N) is 2. The molecule has 0 spiro atoms. The molecule has 0 saturated carbocycles. The number of halogens is 1.